The van der Waals surface area contributed by atoms with Gasteiger partial charge in [0.15, 0.2) is 0 Å². The van der Waals surface area contributed by atoms with Gasteiger partial charge in [-0.05, 0) is 66.3 Å². The zero-order valence-electron chi connectivity index (χ0n) is 22.0. The van der Waals surface area contributed by atoms with Crippen molar-refractivity contribution in [2.24, 2.45) is 0 Å². The third kappa shape index (κ3) is 4.64. The maximum atomic E-state index is 6.70. The van der Waals surface area contributed by atoms with E-state index in [2.05, 4.69) is 71.5 Å². The summed E-state index contributed by atoms with van der Waals surface area (Å²) < 4.78 is 9.42. The van der Waals surface area contributed by atoms with Gasteiger partial charge in [-0.2, -0.15) is 9.97 Å². The van der Waals surface area contributed by atoms with Crippen LogP contribution in [0.2, 0.25) is 5.02 Å². The third-order valence-electron chi connectivity index (χ3n) is 8.42. The van der Waals surface area contributed by atoms with Crippen LogP contribution < -0.4 is 14.5 Å². The molecule has 5 heterocycles. The zero-order chi connectivity index (χ0) is 26.5. The van der Waals surface area contributed by atoms with Gasteiger partial charge in [-0.1, -0.05) is 35.9 Å². The van der Waals surface area contributed by atoms with E-state index < -0.39 is 0 Å². The van der Waals surface area contributed by atoms with Gasteiger partial charge in [0.25, 0.3) is 0 Å². The monoisotopic (exact) mass is 607 g/mol. The Morgan fingerprint density at radius 2 is 1.90 bits per heavy atom. The second-order valence-corrected chi connectivity index (χ2v) is 11.9. The van der Waals surface area contributed by atoms with E-state index in [1.807, 2.05) is 18.5 Å². The highest BCUT2D eigenvalue weighted by Crippen LogP contribution is 2.37. The lowest BCUT2D eigenvalue weighted by Gasteiger charge is -2.35. The SMILES string of the molecule is CN1CCC[C@H]1COc1nc2c(c(N3CCn4cnc(Br)c4C3)n1)CCN(c1cccc3cccc(Cl)c13)C2. The largest absolute Gasteiger partial charge is 0.462 e. The predicted octanol–water partition coefficient (Wildman–Crippen LogP) is 5.30. The normalized spacial score (nSPS) is 19.4. The summed E-state index contributed by atoms with van der Waals surface area (Å²) in [6, 6.07) is 13.4. The summed E-state index contributed by atoms with van der Waals surface area (Å²) in [5.41, 5.74) is 4.56. The number of fused-ring (bicyclic) bond motifs is 3. The number of hydrogen-bond acceptors (Lipinski definition) is 7. The molecular formula is C29H31BrClN7O. The molecule has 0 radical (unpaired) electrons. The van der Waals surface area contributed by atoms with Crippen LogP contribution >= 0.6 is 27.5 Å². The van der Waals surface area contributed by atoms with Crippen LogP contribution in [-0.4, -0.2) is 63.7 Å². The van der Waals surface area contributed by atoms with Crippen LogP contribution in [0.5, 0.6) is 6.01 Å². The number of likely N-dealkylation sites (N-methyl/N-ethyl adjacent to an activating group) is 1. The molecule has 7 rings (SSSR count). The van der Waals surface area contributed by atoms with Crippen molar-refractivity contribution in [3.8, 4) is 6.01 Å². The lowest BCUT2D eigenvalue weighted by molar-refractivity contribution is 0.187. The number of halogens is 2. The van der Waals surface area contributed by atoms with E-state index in [1.165, 1.54) is 17.7 Å². The molecule has 0 unspecified atom stereocenters. The average molecular weight is 609 g/mol. The van der Waals surface area contributed by atoms with Crippen LogP contribution in [0.4, 0.5) is 11.5 Å². The standard InChI is InChI=1S/C29H31BrClN7O/c1-35-11-4-7-20(35)17-39-29-33-23-15-36(24-9-3-6-19-5-2-8-22(31)26(19)24)12-10-21(23)28(34-29)37-13-14-38-18-32-27(30)25(38)16-37/h2-3,5-6,8-9,18,20H,4,7,10-17H2,1H3/t20-/m0/s1. The highest BCUT2D eigenvalue weighted by atomic mass is 79.9. The lowest BCUT2D eigenvalue weighted by Crippen LogP contribution is -2.38. The Bertz CT molecular complexity index is 1540. The fourth-order valence-corrected chi connectivity index (χ4v) is 6.94. The number of rotatable bonds is 5. The van der Waals surface area contributed by atoms with Gasteiger partial charge in [0.1, 0.15) is 17.0 Å². The first-order valence-electron chi connectivity index (χ1n) is 13.6. The maximum Gasteiger partial charge on any atom is 0.318 e. The van der Waals surface area contributed by atoms with Crippen molar-refractivity contribution in [1.29, 1.82) is 0 Å². The summed E-state index contributed by atoms with van der Waals surface area (Å²) >= 11 is 10.3. The first kappa shape index (κ1) is 25.1. The number of ether oxygens (including phenoxy) is 1. The zero-order valence-corrected chi connectivity index (χ0v) is 24.3. The summed E-state index contributed by atoms with van der Waals surface area (Å²) in [5.74, 6) is 0.990. The van der Waals surface area contributed by atoms with Crippen LogP contribution in [0, 0.1) is 0 Å². The Morgan fingerprint density at radius 3 is 2.74 bits per heavy atom. The summed E-state index contributed by atoms with van der Waals surface area (Å²) in [6.07, 6.45) is 5.12. The molecule has 0 amide bonds. The first-order chi connectivity index (χ1) is 19.0. The molecule has 10 heteroatoms. The molecule has 202 valence electrons. The fraction of sp³-hybridized carbons (Fsp3) is 0.414. The van der Waals surface area contributed by atoms with Crippen LogP contribution in [-0.2, 0) is 26.1 Å². The number of benzene rings is 2. The molecule has 4 aromatic rings. The second kappa shape index (κ2) is 10.3. The number of likely N-dealkylation sites (tertiary alicyclic amines) is 1. The van der Waals surface area contributed by atoms with Gasteiger partial charge in [0, 0.05) is 42.3 Å². The van der Waals surface area contributed by atoms with Gasteiger partial charge in [0.2, 0.25) is 0 Å². The van der Waals surface area contributed by atoms with Crippen LogP contribution in [0.25, 0.3) is 10.8 Å². The van der Waals surface area contributed by atoms with Crippen molar-refractivity contribution >= 4 is 49.8 Å². The Hall–Kier alpha value is -2.88. The molecule has 1 atom stereocenters. The van der Waals surface area contributed by atoms with E-state index in [9.17, 15) is 0 Å². The first-order valence-corrected chi connectivity index (χ1v) is 14.8. The summed E-state index contributed by atoms with van der Waals surface area (Å²) in [7, 11) is 2.17. The smallest absolute Gasteiger partial charge is 0.318 e. The van der Waals surface area contributed by atoms with Crippen molar-refractivity contribution in [2.45, 2.75) is 44.9 Å². The van der Waals surface area contributed by atoms with Gasteiger partial charge in [-0.15, -0.1) is 0 Å². The molecule has 0 aliphatic carbocycles. The molecule has 3 aliphatic heterocycles. The molecule has 2 aromatic carbocycles. The van der Waals surface area contributed by atoms with Crippen LogP contribution in [0.1, 0.15) is 29.8 Å². The summed E-state index contributed by atoms with van der Waals surface area (Å²) in [4.78, 5) is 21.6. The second-order valence-electron chi connectivity index (χ2n) is 10.7. The van der Waals surface area contributed by atoms with Crippen molar-refractivity contribution < 1.29 is 4.74 Å². The average Bonchev–Trinajstić information content (AvgIpc) is 3.55. The van der Waals surface area contributed by atoms with Crippen molar-refractivity contribution in [2.75, 3.05) is 43.1 Å². The molecule has 0 spiro atoms. The predicted molar refractivity (Wildman–Crippen MR) is 158 cm³/mol. The maximum absolute atomic E-state index is 6.70. The van der Waals surface area contributed by atoms with Crippen molar-refractivity contribution in [3.05, 3.63) is 69.3 Å². The van der Waals surface area contributed by atoms with Crippen LogP contribution in [0.15, 0.2) is 47.3 Å². The Kier molecular flexibility index (Phi) is 6.61. The van der Waals surface area contributed by atoms with Gasteiger partial charge >= 0.3 is 6.01 Å². The Labute approximate surface area is 241 Å². The highest BCUT2D eigenvalue weighted by molar-refractivity contribution is 9.10. The van der Waals surface area contributed by atoms with E-state index in [1.54, 1.807) is 0 Å². The molecule has 0 N–H and O–H groups in total. The number of imidazole rings is 1. The molecule has 1 saturated heterocycles. The molecule has 3 aliphatic rings. The minimum Gasteiger partial charge on any atom is -0.462 e. The third-order valence-corrected chi connectivity index (χ3v) is 9.40. The quantitative estimate of drug-likeness (QED) is 0.305. The van der Waals surface area contributed by atoms with E-state index in [0.29, 0.717) is 25.2 Å². The van der Waals surface area contributed by atoms with E-state index in [0.717, 1.165) is 83.2 Å². The highest BCUT2D eigenvalue weighted by Gasteiger charge is 2.30. The Morgan fingerprint density at radius 1 is 1.03 bits per heavy atom. The molecule has 8 nitrogen and oxygen atoms in total. The van der Waals surface area contributed by atoms with E-state index in [4.69, 9.17) is 26.3 Å². The molecule has 0 saturated carbocycles. The van der Waals surface area contributed by atoms with Crippen molar-refractivity contribution in [1.82, 2.24) is 24.4 Å². The van der Waals surface area contributed by atoms with Gasteiger partial charge in [-0.25, -0.2) is 4.98 Å². The topological polar surface area (TPSA) is 62.6 Å². The van der Waals surface area contributed by atoms with E-state index >= 15 is 0 Å². The summed E-state index contributed by atoms with van der Waals surface area (Å²) in [6.45, 7) is 5.76. The fourth-order valence-electron chi connectivity index (χ4n) is 6.22. The lowest BCUT2D eigenvalue weighted by atomic mass is 10.0. The van der Waals surface area contributed by atoms with Gasteiger partial charge in [0.05, 0.1) is 35.8 Å². The number of hydrogen-bond donors (Lipinski definition) is 0. The molecule has 0 bridgehead atoms. The number of aromatic nitrogens is 4. The number of anilines is 2. The summed E-state index contributed by atoms with van der Waals surface area (Å²) in [5, 5.41) is 3.01. The minimum absolute atomic E-state index is 0.405. The minimum atomic E-state index is 0.405. The van der Waals surface area contributed by atoms with E-state index in [-0.39, 0.29) is 0 Å². The molecule has 39 heavy (non-hydrogen) atoms. The Balaban J connectivity index is 1.24. The van der Waals surface area contributed by atoms with Gasteiger partial charge in [-0.3, -0.25) is 0 Å². The molecule has 1 fully saturated rings. The molecular weight excluding hydrogens is 578 g/mol. The molecule has 2 aromatic heterocycles. The number of nitrogens with zero attached hydrogens (tertiary/aromatic N) is 7. The van der Waals surface area contributed by atoms with Crippen molar-refractivity contribution in [3.63, 3.8) is 0 Å². The van der Waals surface area contributed by atoms with Gasteiger partial charge < -0.3 is 24.0 Å². The van der Waals surface area contributed by atoms with Crippen LogP contribution in [0.3, 0.4) is 0 Å².